The van der Waals surface area contributed by atoms with Crippen molar-refractivity contribution in [1.82, 2.24) is 4.98 Å². The third-order valence-electron chi connectivity index (χ3n) is 3.44. The summed E-state index contributed by atoms with van der Waals surface area (Å²) in [5.41, 5.74) is 4.90. The van der Waals surface area contributed by atoms with Gasteiger partial charge in [0.1, 0.15) is 5.15 Å². The molecule has 0 aliphatic carbocycles. The summed E-state index contributed by atoms with van der Waals surface area (Å²) in [6.07, 6.45) is 0. The van der Waals surface area contributed by atoms with Gasteiger partial charge in [-0.25, -0.2) is 4.98 Å². The molecule has 0 aliphatic rings. The molecule has 0 bridgehead atoms. The van der Waals surface area contributed by atoms with Gasteiger partial charge >= 0.3 is 7.12 Å². The summed E-state index contributed by atoms with van der Waals surface area (Å²) in [7, 11) is -1.35. The molecular weight excluding hydrogens is 320 g/mol. The van der Waals surface area contributed by atoms with Crippen molar-refractivity contribution in [3.05, 3.63) is 83.0 Å². The smallest absolute Gasteiger partial charge is 0.423 e. The van der Waals surface area contributed by atoms with Gasteiger partial charge in [0.05, 0.1) is 5.69 Å². The molecule has 0 radical (unpaired) electrons. The third kappa shape index (κ3) is 5.50. The highest BCUT2D eigenvalue weighted by Crippen LogP contribution is 2.18. The van der Waals surface area contributed by atoms with E-state index in [1.54, 1.807) is 18.2 Å². The predicted octanol–water partition coefficient (Wildman–Crippen LogP) is 3.39. The second kappa shape index (κ2) is 8.64. The molecule has 3 rings (SSSR count). The lowest BCUT2D eigenvalue weighted by Gasteiger charge is -2.01. The van der Waals surface area contributed by atoms with Crippen LogP contribution in [0.1, 0.15) is 11.1 Å². The van der Waals surface area contributed by atoms with E-state index in [4.69, 9.17) is 21.6 Å². The van der Waals surface area contributed by atoms with E-state index in [9.17, 15) is 0 Å². The molecule has 0 spiro atoms. The maximum absolute atomic E-state index is 8.67. The first-order valence-electron chi connectivity index (χ1n) is 7.58. The summed E-state index contributed by atoms with van der Waals surface area (Å²) >= 11 is 5.81. The molecule has 0 saturated heterocycles. The number of hydrogen-bond donors (Lipinski definition) is 2. The third-order valence-corrected chi connectivity index (χ3v) is 3.65. The lowest BCUT2D eigenvalue weighted by atomic mass is 9.80. The molecule has 3 nitrogen and oxygen atoms in total. The molecule has 24 heavy (non-hydrogen) atoms. The van der Waals surface area contributed by atoms with Crippen molar-refractivity contribution in [2.45, 2.75) is 13.8 Å². The maximum atomic E-state index is 8.67. The average Bonchev–Trinajstić information content (AvgIpc) is 2.56. The zero-order valence-corrected chi connectivity index (χ0v) is 14.4. The van der Waals surface area contributed by atoms with Gasteiger partial charge in [-0.05, 0) is 31.4 Å². The van der Waals surface area contributed by atoms with E-state index in [1.165, 1.54) is 5.56 Å². The van der Waals surface area contributed by atoms with E-state index in [2.05, 4.69) is 24.0 Å². The number of aromatic nitrogens is 1. The van der Waals surface area contributed by atoms with E-state index in [1.807, 2.05) is 43.3 Å². The monoisotopic (exact) mass is 339 g/mol. The van der Waals surface area contributed by atoms with E-state index in [0.717, 1.165) is 16.8 Å². The van der Waals surface area contributed by atoms with E-state index < -0.39 is 7.12 Å². The zero-order chi connectivity index (χ0) is 17.5. The quantitative estimate of drug-likeness (QED) is 0.556. The van der Waals surface area contributed by atoms with E-state index in [0.29, 0.717) is 10.6 Å². The summed E-state index contributed by atoms with van der Waals surface area (Å²) in [6.45, 7) is 4.02. The molecule has 2 N–H and O–H groups in total. The second-order valence-electron chi connectivity index (χ2n) is 5.50. The normalized spacial score (nSPS) is 9.88. The van der Waals surface area contributed by atoms with Crippen LogP contribution in [0.5, 0.6) is 0 Å². The largest absolute Gasteiger partial charge is 0.488 e. The Labute approximate surface area is 147 Å². The maximum Gasteiger partial charge on any atom is 0.488 e. The molecule has 0 saturated carbocycles. The summed E-state index contributed by atoms with van der Waals surface area (Å²) < 4.78 is 0. The molecule has 1 aromatic heterocycles. The second-order valence-corrected chi connectivity index (χ2v) is 5.88. The first-order chi connectivity index (χ1) is 11.5. The first kappa shape index (κ1) is 18.2. The molecule has 0 unspecified atom stereocenters. The van der Waals surface area contributed by atoms with Crippen LogP contribution in [0, 0.1) is 13.8 Å². The number of rotatable bonds is 2. The minimum absolute atomic E-state index is 0.531. The van der Waals surface area contributed by atoms with Crippen LogP contribution in [-0.2, 0) is 0 Å². The topological polar surface area (TPSA) is 53.4 Å². The summed E-state index contributed by atoms with van der Waals surface area (Å²) in [5.74, 6) is 0. The number of aryl methyl sites for hydroxylation is 2. The van der Waals surface area contributed by atoms with Gasteiger partial charge in [0.15, 0.2) is 0 Å². The molecule has 2 aromatic carbocycles. The highest BCUT2D eigenvalue weighted by molar-refractivity contribution is 6.58. The number of pyridine rings is 1. The van der Waals surface area contributed by atoms with Crippen molar-refractivity contribution in [2.75, 3.05) is 0 Å². The van der Waals surface area contributed by atoms with Gasteiger partial charge in [-0.3, -0.25) is 0 Å². The molecule has 3 aromatic rings. The highest BCUT2D eigenvalue weighted by Gasteiger charge is 2.08. The standard InChI is InChI=1S/C12H10ClN.C7H9BO2/c1-9-5-7-10(8-6-9)11-3-2-4-12(13)14-11;1-6-2-4-7(5-3-6)8(9)10/h2-8H,1H3;2-5,9-10H,1H3. The summed E-state index contributed by atoms with van der Waals surface area (Å²) in [6, 6.07) is 20.9. The minimum Gasteiger partial charge on any atom is -0.423 e. The molecule has 0 fully saturated rings. The Kier molecular flexibility index (Phi) is 6.56. The van der Waals surface area contributed by atoms with Crippen LogP contribution in [-0.4, -0.2) is 22.2 Å². The van der Waals surface area contributed by atoms with E-state index >= 15 is 0 Å². The Morgan fingerprint density at radius 1 is 0.792 bits per heavy atom. The number of nitrogens with zero attached hydrogens (tertiary/aromatic N) is 1. The molecule has 0 atom stereocenters. The summed E-state index contributed by atoms with van der Waals surface area (Å²) in [4.78, 5) is 4.24. The first-order valence-corrected chi connectivity index (χ1v) is 7.96. The van der Waals surface area contributed by atoms with Gasteiger partial charge in [0, 0.05) is 5.56 Å². The van der Waals surface area contributed by atoms with Crippen molar-refractivity contribution in [3.63, 3.8) is 0 Å². The Hall–Kier alpha value is -2.14. The van der Waals surface area contributed by atoms with Gasteiger partial charge in [0.2, 0.25) is 0 Å². The van der Waals surface area contributed by atoms with Crippen LogP contribution in [0.3, 0.4) is 0 Å². The van der Waals surface area contributed by atoms with Gasteiger partial charge in [-0.2, -0.15) is 0 Å². The van der Waals surface area contributed by atoms with Crippen molar-refractivity contribution < 1.29 is 10.0 Å². The van der Waals surface area contributed by atoms with Crippen LogP contribution in [0.2, 0.25) is 5.15 Å². The van der Waals surface area contributed by atoms with Crippen LogP contribution >= 0.6 is 11.6 Å². The van der Waals surface area contributed by atoms with Crippen LogP contribution in [0.25, 0.3) is 11.3 Å². The van der Waals surface area contributed by atoms with Crippen LogP contribution < -0.4 is 5.46 Å². The Balaban J connectivity index is 0.000000185. The molecule has 122 valence electrons. The lowest BCUT2D eigenvalue weighted by molar-refractivity contribution is 0.426. The fourth-order valence-electron chi connectivity index (χ4n) is 2.03. The fourth-order valence-corrected chi connectivity index (χ4v) is 2.20. The molecule has 5 heteroatoms. The van der Waals surface area contributed by atoms with Gasteiger partial charge < -0.3 is 10.0 Å². The van der Waals surface area contributed by atoms with Gasteiger partial charge in [0.25, 0.3) is 0 Å². The van der Waals surface area contributed by atoms with Crippen molar-refractivity contribution >= 4 is 24.2 Å². The SMILES string of the molecule is Cc1ccc(-c2cccc(Cl)n2)cc1.Cc1ccc(B(O)O)cc1. The van der Waals surface area contributed by atoms with Crippen LogP contribution in [0.15, 0.2) is 66.7 Å². The molecule has 1 heterocycles. The number of halogens is 1. The minimum atomic E-state index is -1.35. The lowest BCUT2D eigenvalue weighted by Crippen LogP contribution is -2.29. The number of benzene rings is 2. The van der Waals surface area contributed by atoms with Gasteiger partial charge in [-0.1, -0.05) is 77.3 Å². The summed E-state index contributed by atoms with van der Waals surface area (Å²) in [5, 5.41) is 17.9. The Bertz CT molecular complexity index is 774. The van der Waals surface area contributed by atoms with Crippen molar-refractivity contribution in [1.29, 1.82) is 0 Å². The number of hydrogen-bond acceptors (Lipinski definition) is 3. The zero-order valence-electron chi connectivity index (χ0n) is 13.6. The fraction of sp³-hybridized carbons (Fsp3) is 0.105. The van der Waals surface area contributed by atoms with Crippen molar-refractivity contribution in [2.24, 2.45) is 0 Å². The Morgan fingerprint density at radius 2 is 1.33 bits per heavy atom. The van der Waals surface area contributed by atoms with Crippen LogP contribution in [0.4, 0.5) is 0 Å². The van der Waals surface area contributed by atoms with Crippen molar-refractivity contribution in [3.8, 4) is 11.3 Å². The van der Waals surface area contributed by atoms with Gasteiger partial charge in [-0.15, -0.1) is 0 Å². The predicted molar refractivity (Wildman–Crippen MR) is 100 cm³/mol. The highest BCUT2D eigenvalue weighted by atomic mass is 35.5. The molecular formula is C19H19BClNO2. The van der Waals surface area contributed by atoms with E-state index in [-0.39, 0.29) is 0 Å². The Morgan fingerprint density at radius 3 is 1.83 bits per heavy atom. The average molecular weight is 340 g/mol. The molecule has 0 amide bonds. The molecule has 0 aliphatic heterocycles.